The van der Waals surface area contributed by atoms with Crippen LogP contribution in [0.15, 0.2) is 48.5 Å². The van der Waals surface area contributed by atoms with Crippen LogP contribution in [0.5, 0.6) is 0 Å². The first-order chi connectivity index (χ1) is 9.27. The third-order valence-electron chi connectivity index (χ3n) is 3.97. The lowest BCUT2D eigenvalue weighted by Gasteiger charge is -2.19. The fourth-order valence-electron chi connectivity index (χ4n) is 2.90. The SMILES string of the molecule is CCCC(CC)c1ccccc1-c1ccccc1C. The van der Waals surface area contributed by atoms with Crippen molar-refractivity contribution in [2.24, 2.45) is 0 Å². The van der Waals surface area contributed by atoms with E-state index in [0.717, 1.165) is 0 Å². The van der Waals surface area contributed by atoms with E-state index < -0.39 is 0 Å². The van der Waals surface area contributed by atoms with E-state index in [9.17, 15) is 0 Å². The van der Waals surface area contributed by atoms with Gasteiger partial charge in [-0.3, -0.25) is 0 Å². The van der Waals surface area contributed by atoms with E-state index in [1.807, 2.05) is 0 Å². The Labute approximate surface area is 117 Å². The van der Waals surface area contributed by atoms with Gasteiger partial charge in [0.1, 0.15) is 0 Å². The van der Waals surface area contributed by atoms with Crippen LogP contribution in [-0.2, 0) is 0 Å². The van der Waals surface area contributed by atoms with Gasteiger partial charge in [0.25, 0.3) is 0 Å². The minimum absolute atomic E-state index is 0.681. The van der Waals surface area contributed by atoms with Crippen molar-refractivity contribution in [2.75, 3.05) is 0 Å². The zero-order chi connectivity index (χ0) is 13.7. The number of hydrogen-bond donors (Lipinski definition) is 0. The Morgan fingerprint density at radius 1 is 0.842 bits per heavy atom. The predicted octanol–water partition coefficient (Wildman–Crippen LogP) is 5.96. The van der Waals surface area contributed by atoms with E-state index in [1.54, 1.807) is 0 Å². The van der Waals surface area contributed by atoms with Crippen LogP contribution >= 0.6 is 0 Å². The van der Waals surface area contributed by atoms with E-state index >= 15 is 0 Å². The lowest BCUT2D eigenvalue weighted by atomic mass is 9.85. The number of benzene rings is 2. The van der Waals surface area contributed by atoms with Crippen LogP contribution < -0.4 is 0 Å². The first-order valence-electron chi connectivity index (χ1n) is 7.42. The summed E-state index contributed by atoms with van der Waals surface area (Å²) < 4.78 is 0. The maximum absolute atomic E-state index is 2.31. The molecular formula is C19H24. The van der Waals surface area contributed by atoms with Crippen LogP contribution in [0.1, 0.15) is 50.2 Å². The molecular weight excluding hydrogens is 228 g/mol. The van der Waals surface area contributed by atoms with Crippen LogP contribution in [0.3, 0.4) is 0 Å². The Morgan fingerprint density at radius 3 is 2.11 bits per heavy atom. The van der Waals surface area contributed by atoms with Gasteiger partial charge < -0.3 is 0 Å². The second-order valence-corrected chi connectivity index (χ2v) is 5.30. The molecule has 0 saturated heterocycles. The molecule has 0 amide bonds. The monoisotopic (exact) mass is 252 g/mol. The summed E-state index contributed by atoms with van der Waals surface area (Å²) in [5, 5.41) is 0. The highest BCUT2D eigenvalue weighted by molar-refractivity contribution is 5.71. The lowest BCUT2D eigenvalue weighted by molar-refractivity contribution is 0.597. The Kier molecular flexibility index (Phi) is 4.79. The average molecular weight is 252 g/mol. The molecule has 0 aliphatic rings. The Balaban J connectivity index is 2.49. The second kappa shape index (κ2) is 6.56. The molecule has 0 heterocycles. The summed E-state index contributed by atoms with van der Waals surface area (Å²) >= 11 is 0. The Bertz CT molecular complexity index is 525. The molecule has 2 aromatic carbocycles. The molecule has 0 aliphatic carbocycles. The standard InChI is InChI=1S/C19H24/c1-4-10-16(5-2)18-13-8-9-14-19(18)17-12-7-6-11-15(17)3/h6-9,11-14,16H,4-5,10H2,1-3H3. The fourth-order valence-corrected chi connectivity index (χ4v) is 2.90. The van der Waals surface area contributed by atoms with Crippen molar-refractivity contribution in [3.63, 3.8) is 0 Å². The minimum atomic E-state index is 0.681. The van der Waals surface area contributed by atoms with Gasteiger partial charge in [-0.15, -0.1) is 0 Å². The van der Waals surface area contributed by atoms with Gasteiger partial charge in [0.15, 0.2) is 0 Å². The van der Waals surface area contributed by atoms with E-state index in [0.29, 0.717) is 5.92 Å². The van der Waals surface area contributed by atoms with Crippen molar-refractivity contribution in [1.82, 2.24) is 0 Å². The van der Waals surface area contributed by atoms with Gasteiger partial charge in [-0.1, -0.05) is 68.8 Å². The van der Waals surface area contributed by atoms with Crippen molar-refractivity contribution in [3.05, 3.63) is 59.7 Å². The minimum Gasteiger partial charge on any atom is -0.0654 e. The zero-order valence-electron chi connectivity index (χ0n) is 12.3. The summed E-state index contributed by atoms with van der Waals surface area (Å²) in [5.41, 5.74) is 5.68. The molecule has 0 bridgehead atoms. The molecule has 0 aromatic heterocycles. The molecule has 0 aliphatic heterocycles. The molecule has 1 unspecified atom stereocenters. The van der Waals surface area contributed by atoms with Crippen molar-refractivity contribution >= 4 is 0 Å². The second-order valence-electron chi connectivity index (χ2n) is 5.30. The maximum Gasteiger partial charge on any atom is -0.0146 e. The van der Waals surface area contributed by atoms with Crippen molar-refractivity contribution in [2.45, 2.75) is 46.0 Å². The topological polar surface area (TPSA) is 0 Å². The van der Waals surface area contributed by atoms with Crippen LogP contribution in [0.4, 0.5) is 0 Å². The third-order valence-corrected chi connectivity index (χ3v) is 3.97. The van der Waals surface area contributed by atoms with Gasteiger partial charge in [0.2, 0.25) is 0 Å². The van der Waals surface area contributed by atoms with Crippen LogP contribution in [0.2, 0.25) is 0 Å². The summed E-state index contributed by atoms with van der Waals surface area (Å²) in [4.78, 5) is 0. The number of aryl methyl sites for hydroxylation is 1. The molecule has 0 fully saturated rings. The summed E-state index contributed by atoms with van der Waals surface area (Å²) in [6, 6.07) is 17.6. The highest BCUT2D eigenvalue weighted by Crippen LogP contribution is 2.34. The molecule has 19 heavy (non-hydrogen) atoms. The van der Waals surface area contributed by atoms with E-state index in [4.69, 9.17) is 0 Å². The maximum atomic E-state index is 2.31. The third kappa shape index (κ3) is 3.07. The number of rotatable bonds is 5. The predicted molar refractivity (Wildman–Crippen MR) is 84.6 cm³/mol. The summed E-state index contributed by atoms with van der Waals surface area (Å²) in [6.07, 6.45) is 3.75. The highest BCUT2D eigenvalue weighted by atomic mass is 14.2. The zero-order valence-corrected chi connectivity index (χ0v) is 12.3. The first-order valence-corrected chi connectivity index (χ1v) is 7.42. The molecule has 0 heteroatoms. The molecule has 100 valence electrons. The van der Waals surface area contributed by atoms with Crippen LogP contribution in [0, 0.1) is 6.92 Å². The molecule has 0 nitrogen and oxygen atoms in total. The normalized spacial score (nSPS) is 12.4. The quantitative estimate of drug-likeness (QED) is 0.616. The Hall–Kier alpha value is -1.56. The lowest BCUT2D eigenvalue weighted by Crippen LogP contribution is -2.00. The van der Waals surface area contributed by atoms with Crippen molar-refractivity contribution in [1.29, 1.82) is 0 Å². The van der Waals surface area contributed by atoms with Gasteiger partial charge in [-0.25, -0.2) is 0 Å². The van der Waals surface area contributed by atoms with Gasteiger partial charge in [0, 0.05) is 0 Å². The van der Waals surface area contributed by atoms with Gasteiger partial charge in [-0.2, -0.15) is 0 Å². The van der Waals surface area contributed by atoms with Gasteiger partial charge in [0.05, 0.1) is 0 Å². The van der Waals surface area contributed by atoms with Gasteiger partial charge >= 0.3 is 0 Å². The van der Waals surface area contributed by atoms with E-state index in [2.05, 4.69) is 69.3 Å². The summed E-state index contributed by atoms with van der Waals surface area (Å²) in [5.74, 6) is 0.681. The van der Waals surface area contributed by atoms with E-state index in [-0.39, 0.29) is 0 Å². The molecule has 0 saturated carbocycles. The number of hydrogen-bond acceptors (Lipinski definition) is 0. The van der Waals surface area contributed by atoms with Crippen LogP contribution in [0.25, 0.3) is 11.1 Å². The van der Waals surface area contributed by atoms with Crippen LogP contribution in [-0.4, -0.2) is 0 Å². The highest BCUT2D eigenvalue weighted by Gasteiger charge is 2.14. The summed E-state index contributed by atoms with van der Waals surface area (Å²) in [7, 11) is 0. The smallest absolute Gasteiger partial charge is 0.0146 e. The molecule has 0 radical (unpaired) electrons. The summed E-state index contributed by atoms with van der Waals surface area (Å²) in [6.45, 7) is 6.78. The molecule has 0 spiro atoms. The fraction of sp³-hybridized carbons (Fsp3) is 0.368. The first kappa shape index (κ1) is 13.9. The molecule has 2 rings (SSSR count). The molecule has 2 aromatic rings. The molecule has 0 N–H and O–H groups in total. The van der Waals surface area contributed by atoms with Gasteiger partial charge in [-0.05, 0) is 47.9 Å². The average Bonchev–Trinajstić information content (AvgIpc) is 2.45. The van der Waals surface area contributed by atoms with Crippen molar-refractivity contribution in [3.8, 4) is 11.1 Å². The molecule has 1 atom stereocenters. The van der Waals surface area contributed by atoms with Crippen molar-refractivity contribution < 1.29 is 0 Å². The van der Waals surface area contributed by atoms with E-state index in [1.165, 1.54) is 41.5 Å². The largest absolute Gasteiger partial charge is 0.0654 e. The Morgan fingerprint density at radius 2 is 1.47 bits per heavy atom.